The zero-order valence-corrected chi connectivity index (χ0v) is 6.34. The van der Waals surface area contributed by atoms with Crippen molar-refractivity contribution in [3.05, 3.63) is 11.4 Å². The Labute approximate surface area is 73.7 Å². The van der Waals surface area contributed by atoms with E-state index in [1.165, 1.54) is 0 Å². The Morgan fingerprint density at radius 3 is 2.43 bits per heavy atom. The third kappa shape index (κ3) is 1.52. The van der Waals surface area contributed by atoms with Gasteiger partial charge in [0.2, 0.25) is 0 Å². The van der Waals surface area contributed by atoms with Gasteiger partial charge in [-0.25, -0.2) is 13.6 Å². The highest BCUT2D eigenvalue weighted by Gasteiger charge is 2.48. The van der Waals surface area contributed by atoms with Gasteiger partial charge in [-0.05, 0) is 0 Å². The Morgan fingerprint density at radius 2 is 2.00 bits per heavy atom. The summed E-state index contributed by atoms with van der Waals surface area (Å²) < 4.78 is 48.8. The van der Waals surface area contributed by atoms with Crippen LogP contribution in [-0.2, 0) is 5.92 Å². The highest BCUT2D eigenvalue weighted by Crippen LogP contribution is 2.34. The van der Waals surface area contributed by atoms with Crippen LogP contribution in [-0.4, -0.2) is 32.9 Å². The zero-order chi connectivity index (χ0) is 10.9. The number of halogens is 4. The summed E-state index contributed by atoms with van der Waals surface area (Å²) in [6.07, 6.45) is -4.04. The van der Waals surface area contributed by atoms with E-state index in [-0.39, 0.29) is 0 Å². The maximum atomic E-state index is 12.6. The number of aromatic amines is 1. The van der Waals surface area contributed by atoms with E-state index in [1.54, 1.807) is 5.21 Å². The first-order valence-electron chi connectivity index (χ1n) is 3.18. The average Bonchev–Trinajstić information content (AvgIpc) is 2.51. The van der Waals surface area contributed by atoms with Crippen LogP contribution in [0.5, 0.6) is 0 Å². The van der Waals surface area contributed by atoms with Crippen molar-refractivity contribution in [3.63, 3.8) is 0 Å². The number of rotatable bonds is 3. The number of carbonyl (C=O) groups is 1. The summed E-state index contributed by atoms with van der Waals surface area (Å²) in [6, 6.07) is 0. The van der Waals surface area contributed by atoms with Crippen LogP contribution in [0.1, 0.15) is 16.2 Å². The van der Waals surface area contributed by atoms with Gasteiger partial charge in [0, 0.05) is 0 Å². The maximum Gasteiger partial charge on any atom is 0.358 e. The molecule has 0 saturated heterocycles. The van der Waals surface area contributed by atoms with Crippen molar-refractivity contribution in [2.75, 3.05) is 0 Å². The fraction of sp³-hybridized carbons (Fsp3) is 0.400. The Balaban J connectivity index is 3.18. The van der Waals surface area contributed by atoms with Gasteiger partial charge in [0.25, 0.3) is 0 Å². The number of nitrogens with zero attached hydrogens (tertiary/aromatic N) is 2. The molecular formula is C5H3F4N3O2. The van der Waals surface area contributed by atoms with E-state index in [2.05, 4.69) is 10.2 Å². The standard InChI is InChI=1S/C5H3F4N3O2/c6-4(7)5(8,9)2-1(3(13)14)10-12-11-2/h4H,(H,13,14)(H,10,11,12). The van der Waals surface area contributed by atoms with Crippen molar-refractivity contribution >= 4 is 5.97 Å². The highest BCUT2D eigenvalue weighted by atomic mass is 19.3. The molecule has 0 aliphatic rings. The molecule has 0 atom stereocenters. The molecule has 2 N–H and O–H groups in total. The number of aromatic carboxylic acids is 1. The molecule has 0 amide bonds. The van der Waals surface area contributed by atoms with Crippen molar-refractivity contribution < 1.29 is 27.5 Å². The monoisotopic (exact) mass is 213 g/mol. The van der Waals surface area contributed by atoms with Crippen LogP contribution in [0, 0.1) is 0 Å². The van der Waals surface area contributed by atoms with Crippen LogP contribution in [0.2, 0.25) is 0 Å². The van der Waals surface area contributed by atoms with Gasteiger partial charge in [-0.15, -0.1) is 5.10 Å². The van der Waals surface area contributed by atoms with Crippen LogP contribution in [0.15, 0.2) is 0 Å². The van der Waals surface area contributed by atoms with E-state index in [9.17, 15) is 22.4 Å². The van der Waals surface area contributed by atoms with Gasteiger partial charge in [-0.1, -0.05) is 0 Å². The van der Waals surface area contributed by atoms with Gasteiger partial charge < -0.3 is 5.11 Å². The van der Waals surface area contributed by atoms with Crippen LogP contribution < -0.4 is 0 Å². The lowest BCUT2D eigenvalue weighted by Gasteiger charge is -2.11. The molecule has 0 bridgehead atoms. The minimum atomic E-state index is -4.62. The third-order valence-electron chi connectivity index (χ3n) is 1.34. The lowest BCUT2D eigenvalue weighted by Crippen LogP contribution is -2.26. The number of carboxylic acids is 1. The quantitative estimate of drug-likeness (QED) is 0.730. The molecule has 5 nitrogen and oxygen atoms in total. The molecule has 1 rings (SSSR count). The minimum absolute atomic E-state index is 1.21. The predicted molar refractivity (Wildman–Crippen MR) is 33.2 cm³/mol. The van der Waals surface area contributed by atoms with E-state index in [4.69, 9.17) is 5.11 Å². The molecule has 78 valence electrons. The number of hydrogen-bond donors (Lipinski definition) is 2. The Hall–Kier alpha value is -1.67. The summed E-state index contributed by atoms with van der Waals surface area (Å²) in [6.45, 7) is 0. The number of aromatic nitrogens is 3. The second-order valence-electron chi connectivity index (χ2n) is 2.25. The van der Waals surface area contributed by atoms with Crippen molar-refractivity contribution in [3.8, 4) is 0 Å². The van der Waals surface area contributed by atoms with E-state index in [0.29, 0.717) is 0 Å². The molecule has 0 aliphatic carbocycles. The van der Waals surface area contributed by atoms with Crippen LogP contribution in [0.3, 0.4) is 0 Å². The largest absolute Gasteiger partial charge is 0.476 e. The van der Waals surface area contributed by atoms with Gasteiger partial charge in [-0.3, -0.25) is 0 Å². The SMILES string of the molecule is O=C(O)c1n[nH]nc1C(F)(F)C(F)F. The average molecular weight is 213 g/mol. The number of nitrogens with one attached hydrogen (secondary N) is 1. The molecule has 0 unspecified atom stereocenters. The molecule has 1 aromatic heterocycles. The number of hydrogen-bond acceptors (Lipinski definition) is 3. The van der Waals surface area contributed by atoms with E-state index < -0.39 is 29.7 Å². The summed E-state index contributed by atoms with van der Waals surface area (Å²) in [7, 11) is 0. The third-order valence-corrected chi connectivity index (χ3v) is 1.34. The summed E-state index contributed by atoms with van der Waals surface area (Å²) in [5, 5.41) is 15.3. The molecular weight excluding hydrogens is 210 g/mol. The summed E-state index contributed by atoms with van der Waals surface area (Å²) in [4.78, 5) is 10.3. The molecule has 9 heteroatoms. The maximum absolute atomic E-state index is 12.6. The Morgan fingerprint density at radius 1 is 1.43 bits per heavy atom. The fourth-order valence-corrected chi connectivity index (χ4v) is 0.716. The smallest absolute Gasteiger partial charge is 0.358 e. The van der Waals surface area contributed by atoms with E-state index in [1.807, 2.05) is 0 Å². The first-order chi connectivity index (χ1) is 6.37. The van der Waals surface area contributed by atoms with E-state index >= 15 is 0 Å². The highest BCUT2D eigenvalue weighted by molar-refractivity contribution is 5.86. The fourth-order valence-electron chi connectivity index (χ4n) is 0.716. The summed E-state index contributed by atoms with van der Waals surface area (Å²) in [5.41, 5.74) is -2.78. The van der Waals surface area contributed by atoms with Gasteiger partial charge in [-0.2, -0.15) is 19.1 Å². The van der Waals surface area contributed by atoms with Gasteiger partial charge in [0.05, 0.1) is 0 Å². The van der Waals surface area contributed by atoms with Gasteiger partial charge in [0.1, 0.15) is 0 Å². The number of H-pyrrole nitrogens is 1. The lowest BCUT2D eigenvalue weighted by molar-refractivity contribution is -0.138. The number of carboxylic acid groups (broad SMARTS) is 1. The van der Waals surface area contributed by atoms with Crippen molar-refractivity contribution in [1.29, 1.82) is 0 Å². The topological polar surface area (TPSA) is 78.9 Å². The summed E-state index contributed by atoms with van der Waals surface area (Å²) >= 11 is 0. The minimum Gasteiger partial charge on any atom is -0.476 e. The normalized spacial score (nSPS) is 12.1. The van der Waals surface area contributed by atoms with Gasteiger partial charge in [0.15, 0.2) is 11.4 Å². The van der Waals surface area contributed by atoms with Crippen molar-refractivity contribution in [2.45, 2.75) is 12.3 Å². The van der Waals surface area contributed by atoms with E-state index in [0.717, 1.165) is 0 Å². The molecule has 0 radical (unpaired) electrons. The second-order valence-corrected chi connectivity index (χ2v) is 2.25. The first-order valence-corrected chi connectivity index (χ1v) is 3.18. The molecule has 1 heterocycles. The Kier molecular flexibility index (Phi) is 2.41. The molecule has 1 aromatic rings. The summed E-state index contributed by atoms with van der Waals surface area (Å²) in [5.74, 6) is -6.48. The van der Waals surface area contributed by atoms with Crippen molar-refractivity contribution in [2.24, 2.45) is 0 Å². The molecule has 14 heavy (non-hydrogen) atoms. The van der Waals surface area contributed by atoms with Gasteiger partial charge >= 0.3 is 18.3 Å². The molecule has 0 aromatic carbocycles. The predicted octanol–water partition coefficient (Wildman–Crippen LogP) is 0.860. The molecule has 0 spiro atoms. The molecule has 0 saturated carbocycles. The van der Waals surface area contributed by atoms with Crippen LogP contribution >= 0.6 is 0 Å². The Bertz CT molecular complexity index is 351. The lowest BCUT2D eigenvalue weighted by atomic mass is 10.2. The van der Waals surface area contributed by atoms with Crippen LogP contribution in [0.4, 0.5) is 17.6 Å². The van der Waals surface area contributed by atoms with Crippen molar-refractivity contribution in [1.82, 2.24) is 15.4 Å². The molecule has 0 fully saturated rings. The first kappa shape index (κ1) is 10.4. The molecule has 0 aliphatic heterocycles. The zero-order valence-electron chi connectivity index (χ0n) is 6.34. The second kappa shape index (κ2) is 3.24. The number of alkyl halides is 4. The van der Waals surface area contributed by atoms with Crippen LogP contribution in [0.25, 0.3) is 0 Å².